The van der Waals surface area contributed by atoms with Gasteiger partial charge in [0.05, 0.1) is 16.5 Å². The van der Waals surface area contributed by atoms with Gasteiger partial charge in [-0.3, -0.25) is 39.3 Å². The lowest BCUT2D eigenvalue weighted by Crippen LogP contribution is -2.54. The molecule has 7 aliphatic rings. The van der Waals surface area contributed by atoms with E-state index < -0.39 is 29.6 Å². The monoisotopic (exact) mass is 978 g/mol. The number of benzene rings is 3. The third-order valence-electron chi connectivity index (χ3n) is 17.2. The average Bonchev–Trinajstić information content (AvgIpc) is 3.86. The molecule has 3 N–H and O–H groups in total. The van der Waals surface area contributed by atoms with Crippen molar-refractivity contribution in [2.45, 2.75) is 95.7 Å². The Balaban J connectivity index is 0.643. The number of fused-ring (bicyclic) bond motifs is 5. The Hall–Kier alpha value is -6.30. The van der Waals surface area contributed by atoms with Crippen LogP contribution in [0.1, 0.15) is 97.4 Å². The fourth-order valence-corrected chi connectivity index (χ4v) is 13.1. The van der Waals surface area contributed by atoms with Gasteiger partial charge in [0, 0.05) is 75.2 Å². The molecule has 7 aliphatic heterocycles. The number of anilines is 2. The standard InChI is InChI=1S/C55H63FN10O6/c1-2-34-4-3-5-35-26-39(67)28-42(46(34)35)48-47(56)49-43(29-57-48)50(65-31-36-6-7-37(32-65)58-36)61-54(60-49)72-25-24-62-18-12-33(13-19-62)30-63-20-14-55(15-21-63)16-22-64(23-17-55)38-8-9-40-41(27-38)53(71)66(52(40)70)44-10-11-45(68)59-51(44)69/h3-5,8-9,26-29,33,36-37,44,58,67H,2,6-7,10-25,30-32H2,1H3,(H,59,68,69). The zero-order valence-electron chi connectivity index (χ0n) is 41.0. The van der Waals surface area contributed by atoms with Gasteiger partial charge in [0.15, 0.2) is 5.82 Å². The van der Waals surface area contributed by atoms with Crippen molar-refractivity contribution >= 4 is 56.8 Å². The molecule has 4 amide bonds. The zero-order chi connectivity index (χ0) is 49.3. The number of nitrogens with one attached hydrogen (secondary N) is 2. The maximum atomic E-state index is 17.1. The molecule has 16 nitrogen and oxygen atoms in total. The Morgan fingerprint density at radius 3 is 2.31 bits per heavy atom. The van der Waals surface area contributed by atoms with Gasteiger partial charge in [-0.05, 0) is 148 Å². The molecule has 2 bridgehead atoms. The van der Waals surface area contributed by atoms with Crippen LogP contribution in [0.4, 0.5) is 15.9 Å². The number of imide groups is 2. The number of carbonyl (C=O) groups is 4. The average molecular weight is 979 g/mol. The van der Waals surface area contributed by atoms with E-state index >= 15 is 4.39 Å². The van der Waals surface area contributed by atoms with E-state index in [1.165, 1.54) is 12.8 Å². The predicted octanol–water partition coefficient (Wildman–Crippen LogP) is 6.07. The molecule has 0 radical (unpaired) electrons. The fourth-order valence-electron chi connectivity index (χ4n) is 13.1. The van der Waals surface area contributed by atoms with E-state index in [-0.39, 0.29) is 41.7 Å². The van der Waals surface area contributed by atoms with Crippen LogP contribution in [0.25, 0.3) is 32.9 Å². The first-order valence-electron chi connectivity index (χ1n) is 26.3. The van der Waals surface area contributed by atoms with Gasteiger partial charge in [0.25, 0.3) is 11.8 Å². The number of likely N-dealkylation sites (tertiary alicyclic amines) is 2. The molecule has 3 aromatic carbocycles. The van der Waals surface area contributed by atoms with Gasteiger partial charge in [-0.1, -0.05) is 25.1 Å². The van der Waals surface area contributed by atoms with E-state index in [0.29, 0.717) is 57.9 Å². The normalized spacial score (nSPS) is 24.0. The van der Waals surface area contributed by atoms with Crippen molar-refractivity contribution < 1.29 is 33.4 Å². The number of halogens is 1. The largest absolute Gasteiger partial charge is 0.508 e. The predicted molar refractivity (Wildman–Crippen MR) is 271 cm³/mol. The SMILES string of the molecule is CCc1cccc2cc(O)cc(-c3ncc4c(N5CC6CCC(C5)N6)nc(OCCN5CCC(CN6CCC7(CC6)CCN(c6ccc8c(c6)C(=O)N(C6CCC(=O)NC6=O)C8=O)CC7)CC5)nc4c3F)c12. The summed E-state index contributed by atoms with van der Waals surface area (Å²) in [4.78, 5) is 76.1. The molecule has 3 unspecified atom stereocenters. The summed E-state index contributed by atoms with van der Waals surface area (Å²) in [5.74, 6) is -1.14. The molecule has 2 aromatic heterocycles. The number of aromatic nitrogens is 3. The quantitative estimate of drug-likeness (QED) is 0.130. The van der Waals surface area contributed by atoms with Crippen LogP contribution in [0.15, 0.2) is 54.7 Å². The molecular weight excluding hydrogens is 916 g/mol. The molecular formula is C55H63FN10O6. The van der Waals surface area contributed by atoms with E-state index in [2.05, 4.69) is 37.2 Å². The van der Waals surface area contributed by atoms with Crippen LogP contribution in [0.5, 0.6) is 11.8 Å². The number of rotatable bonds is 11. The number of hydrogen-bond acceptors (Lipinski definition) is 14. The highest BCUT2D eigenvalue weighted by Gasteiger charge is 2.45. The maximum absolute atomic E-state index is 17.1. The van der Waals surface area contributed by atoms with Crippen molar-refractivity contribution in [2.24, 2.45) is 11.3 Å². The van der Waals surface area contributed by atoms with Crippen molar-refractivity contribution in [3.05, 3.63) is 77.2 Å². The molecule has 5 aromatic rings. The van der Waals surface area contributed by atoms with Crippen molar-refractivity contribution in [3.63, 3.8) is 0 Å². The second kappa shape index (κ2) is 19.0. The number of phenols is 1. The number of aryl methyl sites for hydroxylation is 1. The highest BCUT2D eigenvalue weighted by Crippen LogP contribution is 2.44. The van der Waals surface area contributed by atoms with Crippen LogP contribution in [-0.4, -0.2) is 149 Å². The Morgan fingerprint density at radius 1 is 0.806 bits per heavy atom. The number of piperidine rings is 4. The fraction of sp³-hybridized carbons (Fsp3) is 0.509. The number of pyridine rings is 1. The first-order chi connectivity index (χ1) is 35.0. The summed E-state index contributed by atoms with van der Waals surface area (Å²) in [6, 6.07) is 14.6. The first kappa shape index (κ1) is 46.8. The summed E-state index contributed by atoms with van der Waals surface area (Å²) in [5, 5.41) is 19.0. The van der Waals surface area contributed by atoms with Gasteiger partial charge in [0.2, 0.25) is 11.8 Å². The third-order valence-corrected chi connectivity index (χ3v) is 17.2. The van der Waals surface area contributed by atoms with Crippen LogP contribution < -0.4 is 25.2 Å². The highest BCUT2D eigenvalue weighted by atomic mass is 19.1. The minimum absolute atomic E-state index is 0.0510. The molecule has 0 aliphatic carbocycles. The molecule has 1 spiro atoms. The van der Waals surface area contributed by atoms with E-state index in [0.717, 1.165) is 137 Å². The molecule has 72 heavy (non-hydrogen) atoms. The van der Waals surface area contributed by atoms with Crippen molar-refractivity contribution in [2.75, 3.05) is 81.9 Å². The van der Waals surface area contributed by atoms with E-state index in [4.69, 9.17) is 19.7 Å². The lowest BCUT2D eigenvalue weighted by atomic mass is 9.71. The van der Waals surface area contributed by atoms with Crippen LogP contribution >= 0.6 is 0 Å². The molecule has 376 valence electrons. The summed E-state index contributed by atoms with van der Waals surface area (Å²) in [7, 11) is 0. The Labute approximate surface area is 418 Å². The minimum atomic E-state index is -0.969. The molecule has 9 heterocycles. The Kier molecular flexibility index (Phi) is 12.3. The summed E-state index contributed by atoms with van der Waals surface area (Å²) < 4.78 is 23.4. The van der Waals surface area contributed by atoms with Crippen molar-refractivity contribution in [3.8, 4) is 23.0 Å². The van der Waals surface area contributed by atoms with Gasteiger partial charge in [-0.15, -0.1) is 0 Å². The number of ether oxygens (including phenoxy) is 1. The molecule has 6 saturated heterocycles. The second-order valence-electron chi connectivity index (χ2n) is 21.5. The summed E-state index contributed by atoms with van der Waals surface area (Å²) in [6.45, 7) is 11.8. The van der Waals surface area contributed by atoms with Gasteiger partial charge >= 0.3 is 6.01 Å². The second-order valence-corrected chi connectivity index (χ2v) is 21.5. The number of carbonyl (C=O) groups excluding carboxylic acids is 4. The van der Waals surface area contributed by atoms with Crippen LogP contribution in [0.2, 0.25) is 0 Å². The van der Waals surface area contributed by atoms with Gasteiger partial charge in [-0.2, -0.15) is 9.97 Å². The van der Waals surface area contributed by atoms with E-state index in [1.54, 1.807) is 24.4 Å². The molecule has 17 heteroatoms. The number of piperazine rings is 1. The minimum Gasteiger partial charge on any atom is -0.508 e. The number of phenolic OH excluding ortho intramolecular Hbond substituents is 1. The lowest BCUT2D eigenvalue weighted by Gasteiger charge is -2.48. The van der Waals surface area contributed by atoms with E-state index in [9.17, 15) is 24.3 Å². The highest BCUT2D eigenvalue weighted by molar-refractivity contribution is 6.23. The summed E-state index contributed by atoms with van der Waals surface area (Å²) >= 11 is 0. The number of aromatic hydroxyl groups is 1. The lowest BCUT2D eigenvalue weighted by molar-refractivity contribution is -0.136. The van der Waals surface area contributed by atoms with Crippen LogP contribution in [0, 0.1) is 17.2 Å². The molecule has 12 rings (SSSR count). The molecule has 0 saturated carbocycles. The van der Waals surface area contributed by atoms with Crippen LogP contribution in [-0.2, 0) is 16.0 Å². The van der Waals surface area contributed by atoms with Gasteiger partial charge < -0.3 is 29.9 Å². The summed E-state index contributed by atoms with van der Waals surface area (Å²) in [6.07, 6.45) is 11.6. The number of hydrogen-bond donors (Lipinski definition) is 3. The third kappa shape index (κ3) is 8.70. The van der Waals surface area contributed by atoms with Gasteiger partial charge in [0.1, 0.15) is 35.4 Å². The summed E-state index contributed by atoms with van der Waals surface area (Å²) in [5.41, 5.74) is 3.77. The maximum Gasteiger partial charge on any atom is 0.319 e. The molecule has 3 atom stereocenters. The van der Waals surface area contributed by atoms with E-state index in [1.807, 2.05) is 30.3 Å². The zero-order valence-corrected chi connectivity index (χ0v) is 41.0. The van der Waals surface area contributed by atoms with Crippen molar-refractivity contribution in [1.29, 1.82) is 0 Å². The first-order valence-corrected chi connectivity index (χ1v) is 26.3. The number of amides is 4. The van der Waals surface area contributed by atoms with Crippen LogP contribution in [0.3, 0.4) is 0 Å². The Morgan fingerprint density at radius 2 is 1.56 bits per heavy atom. The molecule has 6 fully saturated rings. The topological polar surface area (TPSA) is 177 Å². The van der Waals surface area contributed by atoms with Gasteiger partial charge in [-0.25, -0.2) is 4.39 Å². The number of nitrogens with zero attached hydrogens (tertiary/aromatic N) is 8. The van der Waals surface area contributed by atoms with Crippen molar-refractivity contribution in [1.82, 2.24) is 40.3 Å². The Bertz CT molecular complexity index is 2970. The smallest absolute Gasteiger partial charge is 0.319 e.